The standard InChI is InChI=1S/C17H23N3O.HI/c1-11-10-20(6-7-21-11)17(18)19-9-15-14-8-12-4-2-3-5-13(12)16(14)15;/h2-5,11,14-16H,6-10H2,1H3,(H2,18,19);1H. The number of benzene rings is 1. The van der Waals surface area contributed by atoms with E-state index in [2.05, 4.69) is 41.1 Å². The summed E-state index contributed by atoms with van der Waals surface area (Å²) in [6.07, 6.45) is 1.48. The van der Waals surface area contributed by atoms with E-state index in [9.17, 15) is 0 Å². The number of nitrogens with zero attached hydrogens (tertiary/aromatic N) is 2. The maximum atomic E-state index is 6.15. The van der Waals surface area contributed by atoms with Gasteiger partial charge in [-0.3, -0.25) is 4.99 Å². The highest BCUT2D eigenvalue weighted by Gasteiger charge is 2.54. The Hall–Kier alpha value is -0.820. The van der Waals surface area contributed by atoms with Crippen LogP contribution in [0.4, 0.5) is 0 Å². The number of fused-ring (bicyclic) bond motifs is 3. The Morgan fingerprint density at radius 1 is 1.41 bits per heavy atom. The van der Waals surface area contributed by atoms with E-state index >= 15 is 0 Å². The minimum Gasteiger partial charge on any atom is -0.375 e. The number of hydrogen-bond acceptors (Lipinski definition) is 2. The zero-order chi connectivity index (χ0) is 14.4. The summed E-state index contributed by atoms with van der Waals surface area (Å²) >= 11 is 0. The van der Waals surface area contributed by atoms with Crippen molar-refractivity contribution in [1.29, 1.82) is 0 Å². The molecular weight excluding hydrogens is 389 g/mol. The van der Waals surface area contributed by atoms with E-state index < -0.39 is 0 Å². The molecule has 5 heteroatoms. The summed E-state index contributed by atoms with van der Waals surface area (Å²) < 4.78 is 5.54. The molecule has 4 atom stereocenters. The number of rotatable bonds is 2. The van der Waals surface area contributed by atoms with Gasteiger partial charge in [-0.05, 0) is 42.2 Å². The van der Waals surface area contributed by atoms with Crippen LogP contribution in [0.1, 0.15) is 24.0 Å². The summed E-state index contributed by atoms with van der Waals surface area (Å²) in [6.45, 7) is 5.43. The number of halogens is 1. The Bertz CT molecular complexity index is 577. The zero-order valence-corrected chi connectivity index (χ0v) is 15.3. The van der Waals surface area contributed by atoms with Gasteiger partial charge in [-0.1, -0.05) is 24.3 Å². The molecule has 1 heterocycles. The molecule has 22 heavy (non-hydrogen) atoms. The molecule has 3 aliphatic rings. The third kappa shape index (κ3) is 2.85. The molecule has 120 valence electrons. The molecule has 1 aromatic carbocycles. The van der Waals surface area contributed by atoms with Gasteiger partial charge in [-0.25, -0.2) is 0 Å². The Morgan fingerprint density at radius 2 is 2.23 bits per heavy atom. The monoisotopic (exact) mass is 413 g/mol. The number of hydrogen-bond donors (Lipinski definition) is 1. The largest absolute Gasteiger partial charge is 0.375 e. The van der Waals surface area contributed by atoms with Crippen LogP contribution in [0, 0.1) is 11.8 Å². The molecule has 0 radical (unpaired) electrons. The lowest BCUT2D eigenvalue weighted by molar-refractivity contribution is 0.00529. The molecule has 1 saturated heterocycles. The molecule has 4 rings (SSSR count). The summed E-state index contributed by atoms with van der Waals surface area (Å²) in [5.74, 6) is 2.95. The van der Waals surface area contributed by atoms with E-state index in [1.807, 2.05) is 0 Å². The molecule has 0 spiro atoms. The van der Waals surface area contributed by atoms with E-state index in [0.717, 1.165) is 38.1 Å². The highest BCUT2D eigenvalue weighted by atomic mass is 127. The number of morpholine rings is 1. The van der Waals surface area contributed by atoms with Crippen LogP contribution in [0.3, 0.4) is 0 Å². The number of ether oxygens (including phenoxy) is 1. The lowest BCUT2D eigenvalue weighted by Crippen LogP contribution is -2.48. The predicted octanol–water partition coefficient (Wildman–Crippen LogP) is 2.23. The van der Waals surface area contributed by atoms with Crippen LogP contribution >= 0.6 is 24.0 Å². The molecule has 2 fully saturated rings. The van der Waals surface area contributed by atoms with Crippen LogP contribution in [0.15, 0.2) is 29.3 Å². The normalized spacial score (nSPS) is 33.0. The van der Waals surface area contributed by atoms with Gasteiger partial charge in [-0.15, -0.1) is 24.0 Å². The van der Waals surface area contributed by atoms with Crippen LogP contribution in [0.2, 0.25) is 0 Å². The molecule has 1 aliphatic heterocycles. The molecule has 2 aliphatic carbocycles. The third-order valence-corrected chi connectivity index (χ3v) is 5.23. The van der Waals surface area contributed by atoms with E-state index in [1.54, 1.807) is 11.1 Å². The average molecular weight is 413 g/mol. The molecule has 0 aromatic heterocycles. The second kappa shape index (κ2) is 6.35. The van der Waals surface area contributed by atoms with Gasteiger partial charge in [0.15, 0.2) is 5.96 Å². The smallest absolute Gasteiger partial charge is 0.191 e. The summed E-state index contributed by atoms with van der Waals surface area (Å²) in [5.41, 5.74) is 9.25. The highest BCUT2D eigenvalue weighted by Crippen LogP contribution is 2.61. The van der Waals surface area contributed by atoms with Crippen molar-refractivity contribution in [2.24, 2.45) is 22.6 Å². The first-order valence-electron chi connectivity index (χ1n) is 7.98. The maximum Gasteiger partial charge on any atom is 0.191 e. The van der Waals surface area contributed by atoms with Crippen LogP contribution in [0.5, 0.6) is 0 Å². The van der Waals surface area contributed by atoms with Gasteiger partial charge >= 0.3 is 0 Å². The van der Waals surface area contributed by atoms with E-state index in [0.29, 0.717) is 11.9 Å². The van der Waals surface area contributed by atoms with Crippen molar-refractivity contribution in [3.05, 3.63) is 35.4 Å². The van der Waals surface area contributed by atoms with Gasteiger partial charge in [-0.2, -0.15) is 0 Å². The van der Waals surface area contributed by atoms with Crippen molar-refractivity contribution in [2.75, 3.05) is 26.2 Å². The van der Waals surface area contributed by atoms with Crippen molar-refractivity contribution < 1.29 is 4.74 Å². The topological polar surface area (TPSA) is 50.8 Å². The molecule has 1 aromatic rings. The van der Waals surface area contributed by atoms with Gasteiger partial charge in [0.2, 0.25) is 0 Å². The SMILES string of the molecule is CC1CN(C(N)=NCC2C3Cc4ccccc4C23)CCO1.I. The summed E-state index contributed by atoms with van der Waals surface area (Å²) in [4.78, 5) is 6.82. The number of nitrogens with two attached hydrogens (primary N) is 1. The van der Waals surface area contributed by atoms with E-state index in [-0.39, 0.29) is 30.1 Å². The van der Waals surface area contributed by atoms with Crippen molar-refractivity contribution in [2.45, 2.75) is 25.4 Å². The summed E-state index contributed by atoms with van der Waals surface area (Å²) in [7, 11) is 0. The second-order valence-corrected chi connectivity index (χ2v) is 6.58. The minimum absolute atomic E-state index is 0. The average Bonchev–Trinajstić information content (AvgIpc) is 3.03. The maximum absolute atomic E-state index is 6.15. The highest BCUT2D eigenvalue weighted by molar-refractivity contribution is 14.0. The number of aliphatic imine (C=N–C) groups is 1. The van der Waals surface area contributed by atoms with Crippen molar-refractivity contribution in [3.8, 4) is 0 Å². The lowest BCUT2D eigenvalue weighted by Gasteiger charge is -2.31. The Labute approximate surface area is 149 Å². The Balaban J connectivity index is 0.00000144. The summed E-state index contributed by atoms with van der Waals surface area (Å²) in [5, 5.41) is 0. The molecule has 4 nitrogen and oxygen atoms in total. The van der Waals surface area contributed by atoms with Gasteiger partial charge in [0.25, 0.3) is 0 Å². The third-order valence-electron chi connectivity index (χ3n) is 5.23. The van der Waals surface area contributed by atoms with Gasteiger partial charge in [0, 0.05) is 19.6 Å². The predicted molar refractivity (Wildman–Crippen MR) is 98.8 cm³/mol. The van der Waals surface area contributed by atoms with Crippen molar-refractivity contribution in [1.82, 2.24) is 4.90 Å². The van der Waals surface area contributed by atoms with Gasteiger partial charge in [0.1, 0.15) is 0 Å². The van der Waals surface area contributed by atoms with Crippen molar-refractivity contribution in [3.63, 3.8) is 0 Å². The fourth-order valence-electron chi connectivity index (χ4n) is 4.06. The summed E-state index contributed by atoms with van der Waals surface area (Å²) in [6, 6.07) is 8.86. The molecular formula is C17H24IN3O. The van der Waals surface area contributed by atoms with Crippen LogP contribution in [-0.2, 0) is 11.2 Å². The second-order valence-electron chi connectivity index (χ2n) is 6.58. The van der Waals surface area contributed by atoms with Crippen LogP contribution in [-0.4, -0.2) is 43.2 Å². The number of guanidine groups is 1. The quantitative estimate of drug-likeness (QED) is 0.460. The molecule has 0 bridgehead atoms. The fourth-order valence-corrected chi connectivity index (χ4v) is 4.06. The minimum atomic E-state index is 0. The first-order valence-corrected chi connectivity index (χ1v) is 7.98. The Kier molecular flexibility index (Phi) is 4.64. The Morgan fingerprint density at radius 3 is 3.05 bits per heavy atom. The van der Waals surface area contributed by atoms with Crippen LogP contribution < -0.4 is 5.73 Å². The fraction of sp³-hybridized carbons (Fsp3) is 0.588. The van der Waals surface area contributed by atoms with E-state index in [4.69, 9.17) is 10.5 Å². The van der Waals surface area contributed by atoms with E-state index in [1.165, 1.54) is 6.42 Å². The van der Waals surface area contributed by atoms with Crippen LogP contribution in [0.25, 0.3) is 0 Å². The molecule has 1 saturated carbocycles. The molecule has 0 amide bonds. The zero-order valence-electron chi connectivity index (χ0n) is 12.9. The molecule has 2 N–H and O–H groups in total. The first kappa shape index (κ1) is 16.1. The van der Waals surface area contributed by atoms with Crippen molar-refractivity contribution >= 4 is 29.9 Å². The molecule has 4 unspecified atom stereocenters. The lowest BCUT2D eigenvalue weighted by atomic mass is 10.0. The van der Waals surface area contributed by atoms with Gasteiger partial charge < -0.3 is 15.4 Å². The van der Waals surface area contributed by atoms with Gasteiger partial charge in [0.05, 0.1) is 12.7 Å². The first-order chi connectivity index (χ1) is 10.2.